The van der Waals surface area contributed by atoms with Crippen LogP contribution in [0, 0.1) is 17.7 Å². The topological polar surface area (TPSA) is 95.5 Å². The lowest BCUT2D eigenvalue weighted by Gasteiger charge is -2.32. The van der Waals surface area contributed by atoms with Gasteiger partial charge in [-0.25, -0.2) is 4.79 Å². The summed E-state index contributed by atoms with van der Waals surface area (Å²) >= 11 is 0. The van der Waals surface area contributed by atoms with Crippen LogP contribution in [0.3, 0.4) is 0 Å². The lowest BCUT2D eigenvalue weighted by Crippen LogP contribution is -2.41. The molecule has 35 heavy (non-hydrogen) atoms. The number of nitrogens with one attached hydrogen (secondary N) is 4. The van der Waals surface area contributed by atoms with Crippen molar-refractivity contribution in [3.63, 3.8) is 0 Å². The number of allylic oxidation sites excluding steroid dienone is 1. The summed E-state index contributed by atoms with van der Waals surface area (Å²) in [5.41, 5.74) is 2.67. The normalized spacial score (nSPS) is 17.1. The number of hydrogen-bond acceptors (Lipinski definition) is 5. The van der Waals surface area contributed by atoms with Crippen molar-refractivity contribution in [2.75, 3.05) is 10.6 Å². The molecular formula is C27H37BN4O3. The SMILES string of the molecule is Cc1ccc(N/C(=C\C(=N)C(C)(C)C)NC(=O)Nc2ccc(B3OC(C)(C)C(C)(C)O3)cc2)cc1. The van der Waals surface area contributed by atoms with Crippen LogP contribution in [0.2, 0.25) is 0 Å². The number of carbonyl (C=O) groups is 1. The maximum Gasteiger partial charge on any atom is 0.494 e. The van der Waals surface area contributed by atoms with Gasteiger partial charge in [-0.1, -0.05) is 50.6 Å². The molecule has 0 unspecified atom stereocenters. The average molecular weight is 476 g/mol. The number of benzene rings is 2. The molecule has 1 fully saturated rings. The van der Waals surface area contributed by atoms with E-state index in [1.165, 1.54) is 0 Å². The van der Waals surface area contributed by atoms with Crippen LogP contribution in [0.5, 0.6) is 0 Å². The number of aryl methyl sites for hydroxylation is 1. The van der Waals surface area contributed by atoms with Crippen molar-refractivity contribution in [1.82, 2.24) is 5.32 Å². The second-order valence-corrected chi connectivity index (χ2v) is 11.0. The van der Waals surface area contributed by atoms with Crippen LogP contribution in [0.15, 0.2) is 60.4 Å². The van der Waals surface area contributed by atoms with Gasteiger partial charge in [0.15, 0.2) is 0 Å². The summed E-state index contributed by atoms with van der Waals surface area (Å²) in [6.45, 7) is 15.9. The van der Waals surface area contributed by atoms with Crippen molar-refractivity contribution in [3.8, 4) is 0 Å². The number of urea groups is 1. The number of hydrogen-bond donors (Lipinski definition) is 4. The predicted molar refractivity (Wildman–Crippen MR) is 144 cm³/mol. The lowest BCUT2D eigenvalue weighted by molar-refractivity contribution is 0.00578. The number of amides is 2. The average Bonchev–Trinajstić information content (AvgIpc) is 2.96. The van der Waals surface area contributed by atoms with E-state index >= 15 is 0 Å². The highest BCUT2D eigenvalue weighted by Gasteiger charge is 2.51. The highest BCUT2D eigenvalue weighted by molar-refractivity contribution is 6.62. The van der Waals surface area contributed by atoms with E-state index in [9.17, 15) is 4.79 Å². The molecular weight excluding hydrogens is 439 g/mol. The van der Waals surface area contributed by atoms with Gasteiger partial charge < -0.3 is 25.4 Å². The van der Waals surface area contributed by atoms with Crippen LogP contribution < -0.4 is 21.4 Å². The van der Waals surface area contributed by atoms with Crippen molar-refractivity contribution < 1.29 is 14.1 Å². The smallest absolute Gasteiger partial charge is 0.399 e. The maximum absolute atomic E-state index is 12.8. The summed E-state index contributed by atoms with van der Waals surface area (Å²) in [6.07, 6.45) is 1.64. The van der Waals surface area contributed by atoms with Crippen LogP contribution in [0.4, 0.5) is 16.2 Å². The molecule has 186 valence electrons. The number of carbonyl (C=O) groups excluding carboxylic acids is 1. The number of anilines is 2. The third-order valence-electron chi connectivity index (χ3n) is 6.37. The molecule has 2 aromatic rings. The Morgan fingerprint density at radius 2 is 1.37 bits per heavy atom. The van der Waals surface area contributed by atoms with Crippen LogP contribution >= 0.6 is 0 Å². The minimum Gasteiger partial charge on any atom is -0.399 e. The molecule has 1 saturated heterocycles. The quantitative estimate of drug-likeness (QED) is 0.330. The summed E-state index contributed by atoms with van der Waals surface area (Å²) in [4.78, 5) is 12.8. The zero-order valence-electron chi connectivity index (χ0n) is 22.0. The van der Waals surface area contributed by atoms with Gasteiger partial charge in [0.05, 0.1) is 11.2 Å². The molecule has 1 aliphatic rings. The maximum atomic E-state index is 12.8. The van der Waals surface area contributed by atoms with Gasteiger partial charge in [-0.2, -0.15) is 0 Å². The van der Waals surface area contributed by atoms with Gasteiger partial charge in [0, 0.05) is 28.6 Å². The fraction of sp³-hybridized carbons (Fsp3) is 0.407. The van der Waals surface area contributed by atoms with Gasteiger partial charge in [0.2, 0.25) is 0 Å². The minimum absolute atomic E-state index is 0.359. The second kappa shape index (κ2) is 9.87. The van der Waals surface area contributed by atoms with E-state index in [2.05, 4.69) is 16.0 Å². The Morgan fingerprint density at radius 3 is 1.89 bits per heavy atom. The number of rotatable bonds is 6. The molecule has 3 rings (SSSR count). The van der Waals surface area contributed by atoms with Crippen LogP contribution in [-0.2, 0) is 9.31 Å². The molecule has 2 aromatic carbocycles. The molecule has 0 spiro atoms. The largest absolute Gasteiger partial charge is 0.494 e. The van der Waals surface area contributed by atoms with Gasteiger partial charge in [0.1, 0.15) is 5.82 Å². The van der Waals surface area contributed by atoms with Gasteiger partial charge in [-0.3, -0.25) is 5.32 Å². The Morgan fingerprint density at radius 1 is 0.886 bits per heavy atom. The van der Waals surface area contributed by atoms with E-state index in [0.717, 1.165) is 16.7 Å². The van der Waals surface area contributed by atoms with E-state index in [4.69, 9.17) is 14.7 Å². The van der Waals surface area contributed by atoms with Crippen LogP contribution in [0.1, 0.15) is 54.0 Å². The van der Waals surface area contributed by atoms with Gasteiger partial charge >= 0.3 is 13.1 Å². The summed E-state index contributed by atoms with van der Waals surface area (Å²) in [5.74, 6) is 0.417. The first-order valence-corrected chi connectivity index (χ1v) is 11.8. The molecule has 1 aliphatic heterocycles. The Balaban J connectivity index is 1.69. The second-order valence-electron chi connectivity index (χ2n) is 11.0. The zero-order chi connectivity index (χ0) is 26.0. The van der Waals surface area contributed by atoms with Crippen LogP contribution in [0.25, 0.3) is 0 Å². The summed E-state index contributed by atoms with van der Waals surface area (Å²) < 4.78 is 12.2. The third-order valence-corrected chi connectivity index (χ3v) is 6.37. The van der Waals surface area contributed by atoms with Gasteiger partial charge in [-0.15, -0.1) is 0 Å². The lowest BCUT2D eigenvalue weighted by atomic mass is 9.79. The molecule has 0 bridgehead atoms. The Kier molecular flexibility index (Phi) is 7.48. The molecule has 4 N–H and O–H groups in total. The van der Waals surface area contributed by atoms with E-state index in [1.807, 2.05) is 104 Å². The summed E-state index contributed by atoms with van der Waals surface area (Å²) in [7, 11) is -0.459. The Bertz CT molecular complexity index is 1080. The molecule has 0 saturated carbocycles. The molecule has 0 atom stereocenters. The molecule has 7 nitrogen and oxygen atoms in total. The van der Waals surface area contributed by atoms with Crippen molar-refractivity contribution in [2.24, 2.45) is 5.41 Å². The van der Waals surface area contributed by atoms with E-state index < -0.39 is 24.4 Å². The van der Waals surface area contributed by atoms with Crippen molar-refractivity contribution in [2.45, 2.75) is 66.6 Å². The minimum atomic E-state index is -0.459. The first kappa shape index (κ1) is 26.5. The molecule has 0 aliphatic carbocycles. The van der Waals surface area contributed by atoms with Crippen molar-refractivity contribution >= 4 is 35.7 Å². The highest BCUT2D eigenvalue weighted by atomic mass is 16.7. The standard InChI is InChI=1S/C27H37BN4O3/c1-18-9-13-20(14-10-18)30-23(17-22(29)25(2,3)4)32-24(33)31-21-15-11-19(12-16-21)28-34-26(5,6)27(7,8)35-28/h9-17,29-30H,1-8H3,(H2,31,32,33)/b23-17+,29-22?. The van der Waals surface area contributed by atoms with E-state index in [1.54, 1.807) is 6.08 Å². The molecule has 0 radical (unpaired) electrons. The first-order valence-electron chi connectivity index (χ1n) is 11.8. The zero-order valence-corrected chi connectivity index (χ0v) is 22.0. The fourth-order valence-corrected chi connectivity index (χ4v) is 3.24. The van der Waals surface area contributed by atoms with Gasteiger partial charge in [-0.05, 0) is 64.3 Å². The van der Waals surface area contributed by atoms with Crippen LogP contribution in [-0.4, -0.2) is 30.1 Å². The van der Waals surface area contributed by atoms with E-state index in [0.29, 0.717) is 17.2 Å². The molecule has 1 heterocycles. The predicted octanol–water partition coefficient (Wildman–Crippen LogP) is 5.44. The molecule has 8 heteroatoms. The summed E-state index contributed by atoms with van der Waals surface area (Å²) in [6, 6.07) is 14.8. The first-order chi connectivity index (χ1) is 16.2. The Labute approximate surface area is 209 Å². The van der Waals surface area contributed by atoms with Crippen molar-refractivity contribution in [1.29, 1.82) is 5.41 Å². The molecule has 2 amide bonds. The van der Waals surface area contributed by atoms with E-state index in [-0.39, 0.29) is 5.41 Å². The Hall–Kier alpha value is -3.10. The fourth-order valence-electron chi connectivity index (χ4n) is 3.24. The third kappa shape index (κ3) is 6.74. The highest BCUT2D eigenvalue weighted by Crippen LogP contribution is 2.36. The molecule has 0 aromatic heterocycles. The van der Waals surface area contributed by atoms with Crippen molar-refractivity contribution in [3.05, 3.63) is 66.0 Å². The summed E-state index contributed by atoms with van der Waals surface area (Å²) in [5, 5.41) is 17.3. The van der Waals surface area contributed by atoms with Gasteiger partial charge in [0.25, 0.3) is 0 Å². The monoisotopic (exact) mass is 476 g/mol.